The Labute approximate surface area is 168 Å². The molecule has 0 aliphatic rings. The lowest BCUT2D eigenvalue weighted by Gasteiger charge is -2.11. The molecule has 2 aromatic rings. The Kier molecular flexibility index (Phi) is 7.85. The summed E-state index contributed by atoms with van der Waals surface area (Å²) in [6.07, 6.45) is 0. The Bertz CT molecular complexity index is 769. The molecule has 2 rings (SSSR count). The van der Waals surface area contributed by atoms with Crippen molar-refractivity contribution in [1.29, 1.82) is 0 Å². The van der Waals surface area contributed by atoms with Gasteiger partial charge in [-0.05, 0) is 31.0 Å². The summed E-state index contributed by atoms with van der Waals surface area (Å²) in [5, 5.41) is 16.5. The predicted octanol–water partition coefficient (Wildman–Crippen LogP) is 4.01. The van der Waals surface area contributed by atoms with Crippen molar-refractivity contribution in [2.75, 3.05) is 11.9 Å². The molecule has 1 atom stereocenters. The van der Waals surface area contributed by atoms with E-state index in [0.29, 0.717) is 21.9 Å². The maximum absolute atomic E-state index is 12.1. The Morgan fingerprint density at radius 1 is 1.27 bits per heavy atom. The summed E-state index contributed by atoms with van der Waals surface area (Å²) < 4.78 is 1.61. The summed E-state index contributed by atoms with van der Waals surface area (Å²) in [5.41, 5.74) is 0.889. The number of halogens is 1. The van der Waals surface area contributed by atoms with Crippen LogP contribution in [-0.4, -0.2) is 33.9 Å². The van der Waals surface area contributed by atoms with Gasteiger partial charge in [0.1, 0.15) is 0 Å². The van der Waals surface area contributed by atoms with Gasteiger partial charge in [-0.3, -0.25) is 10.1 Å². The minimum atomic E-state index is -0.481. The number of nitrogens with one attached hydrogen (secondary N) is 3. The van der Waals surface area contributed by atoms with Gasteiger partial charge in [0.2, 0.25) is 11.0 Å². The Morgan fingerprint density at radius 2 is 2.04 bits per heavy atom. The highest BCUT2D eigenvalue weighted by Gasteiger charge is 2.19. The van der Waals surface area contributed by atoms with E-state index in [9.17, 15) is 9.59 Å². The molecule has 0 aliphatic carbocycles. The number of benzene rings is 1. The lowest BCUT2D eigenvalue weighted by Crippen LogP contribution is -2.43. The van der Waals surface area contributed by atoms with Crippen molar-refractivity contribution in [3.05, 3.63) is 28.7 Å². The molecule has 1 aromatic carbocycles. The van der Waals surface area contributed by atoms with E-state index in [2.05, 4.69) is 42.1 Å². The van der Waals surface area contributed by atoms with Gasteiger partial charge in [-0.15, -0.1) is 10.2 Å². The Morgan fingerprint density at radius 3 is 2.73 bits per heavy atom. The number of nitrogens with zero attached hydrogens (tertiary/aromatic N) is 2. The van der Waals surface area contributed by atoms with Crippen LogP contribution in [-0.2, 0) is 4.79 Å². The van der Waals surface area contributed by atoms with Crippen LogP contribution in [0.5, 0.6) is 0 Å². The van der Waals surface area contributed by atoms with Crippen molar-refractivity contribution in [3.63, 3.8) is 0 Å². The van der Waals surface area contributed by atoms with Gasteiger partial charge in [-0.1, -0.05) is 58.9 Å². The second-order valence-electron chi connectivity index (χ2n) is 5.86. The lowest BCUT2D eigenvalue weighted by molar-refractivity contribution is -0.119. The zero-order chi connectivity index (χ0) is 19.1. The third kappa shape index (κ3) is 6.93. The van der Waals surface area contributed by atoms with Crippen LogP contribution >= 0.6 is 39.0 Å². The monoisotopic (exact) mass is 457 g/mol. The van der Waals surface area contributed by atoms with Crippen LogP contribution in [0.3, 0.4) is 0 Å². The molecule has 140 valence electrons. The number of anilines is 2. The average Bonchev–Trinajstić information content (AvgIpc) is 2.99. The minimum absolute atomic E-state index is 0.320. The quantitative estimate of drug-likeness (QED) is 0.543. The first-order valence-corrected chi connectivity index (χ1v) is 10.4. The van der Waals surface area contributed by atoms with Crippen LogP contribution in [0.1, 0.15) is 20.8 Å². The van der Waals surface area contributed by atoms with Gasteiger partial charge in [-0.2, -0.15) is 0 Å². The first kappa shape index (κ1) is 20.7. The van der Waals surface area contributed by atoms with Crippen LogP contribution in [0, 0.1) is 5.92 Å². The van der Waals surface area contributed by atoms with Gasteiger partial charge in [0.05, 0.1) is 5.25 Å². The molecule has 10 heteroatoms. The molecule has 0 radical (unpaired) electrons. The summed E-state index contributed by atoms with van der Waals surface area (Å²) >= 11 is 6.02. The highest BCUT2D eigenvalue weighted by molar-refractivity contribution is 9.10. The molecule has 0 bridgehead atoms. The molecule has 7 nitrogen and oxygen atoms in total. The smallest absolute Gasteiger partial charge is 0.321 e. The number of aromatic nitrogens is 2. The van der Waals surface area contributed by atoms with E-state index in [-0.39, 0.29) is 5.91 Å². The van der Waals surface area contributed by atoms with Crippen LogP contribution in [0.2, 0.25) is 0 Å². The number of hydrogen-bond donors (Lipinski definition) is 3. The number of urea groups is 1. The molecular formula is C16H20BrN5O2S2. The number of thioether (sulfide) groups is 1. The number of hydrogen-bond acceptors (Lipinski definition) is 7. The normalized spacial score (nSPS) is 11.9. The topological polar surface area (TPSA) is 96.0 Å². The molecule has 3 amide bonds. The van der Waals surface area contributed by atoms with E-state index in [1.165, 1.54) is 23.1 Å². The maximum atomic E-state index is 12.1. The van der Waals surface area contributed by atoms with Gasteiger partial charge >= 0.3 is 6.03 Å². The molecule has 0 aliphatic heterocycles. The number of amides is 3. The molecule has 0 spiro atoms. The number of imide groups is 1. The molecule has 1 unspecified atom stereocenters. The van der Waals surface area contributed by atoms with Gasteiger partial charge < -0.3 is 10.6 Å². The number of carbonyl (C=O) groups is 2. The highest BCUT2D eigenvalue weighted by Crippen LogP contribution is 2.30. The lowest BCUT2D eigenvalue weighted by atomic mass is 10.2. The van der Waals surface area contributed by atoms with Gasteiger partial charge in [0.15, 0.2) is 4.34 Å². The zero-order valence-electron chi connectivity index (χ0n) is 14.6. The van der Waals surface area contributed by atoms with E-state index in [4.69, 9.17) is 0 Å². The fourth-order valence-corrected chi connectivity index (χ4v) is 4.07. The van der Waals surface area contributed by atoms with Crippen LogP contribution < -0.4 is 16.0 Å². The molecule has 1 aromatic heterocycles. The third-order valence-corrected chi connectivity index (χ3v) is 5.55. The summed E-state index contributed by atoms with van der Waals surface area (Å²) in [4.78, 5) is 23.7. The SMILES string of the molecule is CC(C)CNC(=O)NC(=O)C(C)Sc1nnc(Nc2cccc(Br)c2)s1. The van der Waals surface area contributed by atoms with E-state index in [0.717, 1.165) is 10.2 Å². The molecule has 1 heterocycles. The number of carbonyl (C=O) groups excluding carboxylic acids is 2. The standard InChI is InChI=1S/C16H20BrN5O2S2/c1-9(2)8-18-14(24)20-13(23)10(3)25-16-22-21-15(26-16)19-12-6-4-5-11(17)7-12/h4-7,9-10H,8H2,1-3H3,(H,19,21)(H2,18,20,23,24). The van der Waals surface area contributed by atoms with Gasteiger partial charge in [0.25, 0.3) is 0 Å². The Balaban J connectivity index is 1.85. The van der Waals surface area contributed by atoms with Crippen LogP contribution in [0.15, 0.2) is 33.1 Å². The summed E-state index contributed by atoms with van der Waals surface area (Å²) in [5.74, 6) is -0.0480. The molecular weight excluding hydrogens is 438 g/mol. The first-order valence-electron chi connectivity index (χ1n) is 7.95. The van der Waals surface area contributed by atoms with Crippen molar-refractivity contribution in [3.8, 4) is 0 Å². The van der Waals surface area contributed by atoms with E-state index >= 15 is 0 Å². The highest BCUT2D eigenvalue weighted by atomic mass is 79.9. The van der Waals surface area contributed by atoms with Crippen molar-refractivity contribution < 1.29 is 9.59 Å². The molecule has 0 saturated heterocycles. The Hall–Kier alpha value is -1.65. The molecule has 26 heavy (non-hydrogen) atoms. The van der Waals surface area contributed by atoms with Gasteiger partial charge in [-0.25, -0.2) is 4.79 Å². The summed E-state index contributed by atoms with van der Waals surface area (Å²) in [6.45, 7) is 6.20. The third-order valence-electron chi connectivity index (χ3n) is 3.04. The van der Waals surface area contributed by atoms with Gasteiger partial charge in [0, 0.05) is 16.7 Å². The van der Waals surface area contributed by atoms with E-state index in [1.54, 1.807) is 6.92 Å². The molecule has 0 fully saturated rings. The number of rotatable bonds is 7. The predicted molar refractivity (Wildman–Crippen MR) is 109 cm³/mol. The second kappa shape index (κ2) is 9.89. The van der Waals surface area contributed by atoms with E-state index in [1.807, 2.05) is 38.1 Å². The minimum Gasteiger partial charge on any atom is -0.338 e. The van der Waals surface area contributed by atoms with Crippen molar-refractivity contribution >= 4 is 61.8 Å². The second-order valence-corrected chi connectivity index (χ2v) is 9.34. The fraction of sp³-hybridized carbons (Fsp3) is 0.375. The molecule has 3 N–H and O–H groups in total. The van der Waals surface area contributed by atoms with Crippen LogP contribution in [0.25, 0.3) is 0 Å². The first-order chi connectivity index (χ1) is 12.3. The van der Waals surface area contributed by atoms with E-state index < -0.39 is 11.3 Å². The van der Waals surface area contributed by atoms with Crippen molar-refractivity contribution in [2.45, 2.75) is 30.4 Å². The van der Waals surface area contributed by atoms with Crippen LogP contribution in [0.4, 0.5) is 15.6 Å². The van der Waals surface area contributed by atoms with Crippen molar-refractivity contribution in [2.24, 2.45) is 5.92 Å². The average molecular weight is 458 g/mol. The summed E-state index contributed by atoms with van der Waals surface area (Å²) in [7, 11) is 0. The fourth-order valence-electron chi connectivity index (χ4n) is 1.76. The summed E-state index contributed by atoms with van der Waals surface area (Å²) in [6, 6.07) is 7.22. The maximum Gasteiger partial charge on any atom is 0.321 e. The molecule has 0 saturated carbocycles. The largest absolute Gasteiger partial charge is 0.338 e. The van der Waals surface area contributed by atoms with Crippen molar-refractivity contribution in [1.82, 2.24) is 20.8 Å². The zero-order valence-corrected chi connectivity index (χ0v) is 17.8.